The van der Waals surface area contributed by atoms with Gasteiger partial charge >= 0.3 is 0 Å². The summed E-state index contributed by atoms with van der Waals surface area (Å²) in [5.41, 5.74) is 21.9. The SMILES string of the molecule is CCCCCCCCC1=C(c2ccc(CCCCCCCC)cc2)[N+](=[N-])C(c2ccc(CCCC)cc2)=C1CCCCCC. The quantitative estimate of drug-likeness (QED) is 0.0851. The second-order valence-corrected chi connectivity index (χ2v) is 13.3. The van der Waals surface area contributed by atoms with Crippen molar-refractivity contribution in [2.45, 2.75) is 169 Å². The van der Waals surface area contributed by atoms with Gasteiger partial charge in [0.25, 0.3) is 0 Å². The molecule has 2 nitrogen and oxygen atoms in total. The van der Waals surface area contributed by atoms with Crippen molar-refractivity contribution >= 4 is 11.4 Å². The summed E-state index contributed by atoms with van der Waals surface area (Å²) in [6.07, 6.45) is 27.5. The van der Waals surface area contributed by atoms with Gasteiger partial charge in [-0.05, 0) is 86.8 Å². The highest BCUT2D eigenvalue weighted by atomic mass is 15.2. The van der Waals surface area contributed by atoms with Crippen LogP contribution in [0.4, 0.5) is 0 Å². The molecule has 0 aliphatic carbocycles. The first-order valence-electron chi connectivity index (χ1n) is 18.8. The Hall–Kier alpha value is -2.48. The van der Waals surface area contributed by atoms with Gasteiger partial charge in [0.15, 0.2) is 0 Å². The molecule has 0 spiro atoms. The molecule has 0 bridgehead atoms. The third-order valence-corrected chi connectivity index (χ3v) is 9.51. The fraction of sp³-hybridized carbons (Fsp3) is 0.619. The van der Waals surface area contributed by atoms with Crippen LogP contribution in [0.15, 0.2) is 59.7 Å². The zero-order valence-corrected chi connectivity index (χ0v) is 29.1. The molecule has 0 saturated heterocycles. The highest BCUT2D eigenvalue weighted by Crippen LogP contribution is 2.44. The third-order valence-electron chi connectivity index (χ3n) is 9.51. The predicted molar refractivity (Wildman–Crippen MR) is 193 cm³/mol. The normalized spacial score (nSPS) is 13.5. The van der Waals surface area contributed by atoms with Crippen LogP contribution < -0.4 is 0 Å². The number of benzene rings is 2. The van der Waals surface area contributed by atoms with E-state index in [0.717, 1.165) is 48.2 Å². The third kappa shape index (κ3) is 11.5. The second kappa shape index (κ2) is 21.3. The van der Waals surface area contributed by atoms with Crippen LogP contribution in [0.25, 0.3) is 16.9 Å². The highest BCUT2D eigenvalue weighted by Gasteiger charge is 2.35. The monoisotopic (exact) mass is 597 g/mol. The van der Waals surface area contributed by atoms with Gasteiger partial charge in [-0.25, -0.2) is 4.70 Å². The van der Waals surface area contributed by atoms with Crippen LogP contribution in [0, 0.1) is 0 Å². The lowest BCUT2D eigenvalue weighted by atomic mass is 9.91. The van der Waals surface area contributed by atoms with Gasteiger partial charge in [0, 0.05) is 22.3 Å². The lowest BCUT2D eigenvalue weighted by Crippen LogP contribution is -2.03. The van der Waals surface area contributed by atoms with Crippen LogP contribution in [-0.4, -0.2) is 4.70 Å². The molecule has 0 saturated carbocycles. The maximum Gasteiger partial charge on any atom is 0.211 e. The number of rotatable bonds is 24. The standard InChI is InChI=1S/C42H64N2/c1-5-9-13-16-18-20-24-36-29-33-38(34-30-36)42-40(26-22-19-17-14-10-6-2)39(25-21-15-11-7-3)41(44(42)43)37-31-27-35(28-32-37)23-12-8-4/h27-34H,5-26H2,1-4H3. The fourth-order valence-corrected chi connectivity index (χ4v) is 6.74. The van der Waals surface area contributed by atoms with Crippen LogP contribution >= 0.6 is 0 Å². The van der Waals surface area contributed by atoms with E-state index in [1.165, 1.54) is 138 Å². The van der Waals surface area contributed by atoms with Crippen LogP contribution in [-0.2, 0) is 12.8 Å². The predicted octanol–water partition coefficient (Wildman–Crippen LogP) is 13.8. The van der Waals surface area contributed by atoms with E-state index in [9.17, 15) is 5.53 Å². The maximum absolute atomic E-state index is 12.0. The molecule has 1 heterocycles. The van der Waals surface area contributed by atoms with Crippen molar-refractivity contribution in [3.05, 3.63) is 87.5 Å². The van der Waals surface area contributed by atoms with E-state index in [1.54, 1.807) is 4.70 Å². The molecule has 1 aliphatic rings. The van der Waals surface area contributed by atoms with Crippen molar-refractivity contribution in [1.82, 2.24) is 0 Å². The number of hydrogen-bond acceptors (Lipinski definition) is 0. The Bertz CT molecular complexity index is 1150. The summed E-state index contributed by atoms with van der Waals surface area (Å²) in [7, 11) is 0. The fourth-order valence-electron chi connectivity index (χ4n) is 6.74. The first-order chi connectivity index (χ1) is 21.6. The molecule has 1 aliphatic heterocycles. The average Bonchev–Trinajstić information content (AvgIpc) is 3.32. The van der Waals surface area contributed by atoms with Gasteiger partial charge in [-0.15, -0.1) is 0 Å². The topological polar surface area (TPSA) is 25.3 Å². The Morgan fingerprint density at radius 2 is 0.705 bits per heavy atom. The number of unbranched alkanes of at least 4 members (excludes halogenated alkanes) is 14. The van der Waals surface area contributed by atoms with Gasteiger partial charge in [0.1, 0.15) is 0 Å². The molecule has 0 atom stereocenters. The summed E-state index contributed by atoms with van der Waals surface area (Å²) in [6, 6.07) is 18.2. The molecule has 242 valence electrons. The average molecular weight is 597 g/mol. The second-order valence-electron chi connectivity index (χ2n) is 13.3. The van der Waals surface area contributed by atoms with E-state index in [2.05, 4.69) is 76.2 Å². The molecule has 44 heavy (non-hydrogen) atoms. The zero-order valence-electron chi connectivity index (χ0n) is 29.1. The Balaban J connectivity index is 1.89. The molecular weight excluding hydrogens is 532 g/mol. The largest absolute Gasteiger partial charge is 0.493 e. The molecule has 0 amide bonds. The van der Waals surface area contributed by atoms with Crippen molar-refractivity contribution in [2.75, 3.05) is 0 Å². The molecule has 3 rings (SSSR count). The van der Waals surface area contributed by atoms with Crippen LogP contribution in [0.3, 0.4) is 0 Å². The minimum absolute atomic E-state index is 1.02. The smallest absolute Gasteiger partial charge is 0.211 e. The van der Waals surface area contributed by atoms with Gasteiger partial charge in [-0.1, -0.05) is 142 Å². The van der Waals surface area contributed by atoms with E-state index in [0.29, 0.717) is 0 Å². The van der Waals surface area contributed by atoms with Crippen molar-refractivity contribution < 1.29 is 4.70 Å². The molecule has 2 aromatic carbocycles. The minimum Gasteiger partial charge on any atom is -0.493 e. The van der Waals surface area contributed by atoms with Gasteiger partial charge in [-0.3, -0.25) is 0 Å². The summed E-state index contributed by atoms with van der Waals surface area (Å²) < 4.78 is 1.57. The number of nitrogens with zero attached hydrogens (tertiary/aromatic N) is 2. The van der Waals surface area contributed by atoms with Crippen molar-refractivity contribution in [2.24, 2.45) is 0 Å². The summed E-state index contributed by atoms with van der Waals surface area (Å²) in [5.74, 6) is 0. The summed E-state index contributed by atoms with van der Waals surface area (Å²) in [6.45, 7) is 9.11. The molecule has 0 unspecified atom stereocenters. The Labute approximate surface area is 271 Å². The molecule has 0 radical (unpaired) electrons. The number of hydrogen-bond donors (Lipinski definition) is 0. The van der Waals surface area contributed by atoms with Crippen molar-refractivity contribution in [3.63, 3.8) is 0 Å². The Kier molecular flexibility index (Phi) is 17.4. The van der Waals surface area contributed by atoms with Crippen LogP contribution in [0.5, 0.6) is 0 Å². The Morgan fingerprint density at radius 1 is 0.386 bits per heavy atom. The first-order valence-corrected chi connectivity index (χ1v) is 18.8. The number of allylic oxidation sites excluding steroid dienone is 2. The summed E-state index contributed by atoms with van der Waals surface area (Å²) in [4.78, 5) is 0. The van der Waals surface area contributed by atoms with E-state index < -0.39 is 0 Å². The molecule has 2 heteroatoms. The maximum atomic E-state index is 12.0. The van der Waals surface area contributed by atoms with Crippen LogP contribution in [0.1, 0.15) is 178 Å². The van der Waals surface area contributed by atoms with E-state index in [-0.39, 0.29) is 0 Å². The number of aryl methyl sites for hydroxylation is 2. The minimum atomic E-state index is 1.02. The van der Waals surface area contributed by atoms with Crippen molar-refractivity contribution in [3.8, 4) is 0 Å². The van der Waals surface area contributed by atoms with E-state index in [1.807, 2.05) is 0 Å². The lowest BCUT2D eigenvalue weighted by Gasteiger charge is -2.11. The van der Waals surface area contributed by atoms with Gasteiger partial charge in [-0.2, -0.15) is 0 Å². The van der Waals surface area contributed by atoms with E-state index in [4.69, 9.17) is 0 Å². The molecular formula is C42H64N2. The zero-order chi connectivity index (χ0) is 31.4. The molecule has 0 aromatic heterocycles. The molecule has 0 fully saturated rings. The molecule has 2 aromatic rings. The lowest BCUT2D eigenvalue weighted by molar-refractivity contribution is -0.345. The van der Waals surface area contributed by atoms with Gasteiger partial charge in [0.05, 0.1) is 0 Å². The van der Waals surface area contributed by atoms with Gasteiger partial charge in [0.2, 0.25) is 11.4 Å². The van der Waals surface area contributed by atoms with Gasteiger partial charge < -0.3 is 5.53 Å². The van der Waals surface area contributed by atoms with E-state index >= 15 is 0 Å². The summed E-state index contributed by atoms with van der Waals surface area (Å²) in [5, 5.41) is 0. The Morgan fingerprint density at radius 3 is 1.11 bits per heavy atom. The van der Waals surface area contributed by atoms with Crippen molar-refractivity contribution in [1.29, 1.82) is 0 Å². The summed E-state index contributed by atoms with van der Waals surface area (Å²) >= 11 is 0. The highest BCUT2D eigenvalue weighted by molar-refractivity contribution is 5.82. The van der Waals surface area contributed by atoms with Crippen LogP contribution in [0.2, 0.25) is 0 Å². The first kappa shape index (κ1) is 36.0. The molecule has 0 N–H and O–H groups in total.